The summed E-state index contributed by atoms with van der Waals surface area (Å²) in [5, 5.41) is 22.7. The highest BCUT2D eigenvalue weighted by Gasteiger charge is 2.25. The molecule has 0 aliphatic rings. The lowest BCUT2D eigenvalue weighted by atomic mass is 9.83. The standard InChI is InChI=1S/C19H18O5/c1-2-7-14(17(20)12-8-4-3-5-9-12)13-10-6-11-15(18(21)22)16(13)19(23)24/h3-6,8-11,14H,2,7H2,1H3,(H,21,22)(H,23,24)/p-2. The van der Waals surface area contributed by atoms with E-state index in [1.54, 1.807) is 30.3 Å². The predicted molar refractivity (Wildman–Crippen MR) is 83.5 cm³/mol. The van der Waals surface area contributed by atoms with Crippen LogP contribution in [-0.4, -0.2) is 17.7 Å². The van der Waals surface area contributed by atoms with Gasteiger partial charge in [0, 0.05) is 22.6 Å². The molecule has 1 atom stereocenters. The molecule has 24 heavy (non-hydrogen) atoms. The SMILES string of the molecule is CCCC(C(=O)c1ccccc1)c1cccc(C(=O)[O-])c1C(=O)[O-]. The van der Waals surface area contributed by atoms with Crippen LogP contribution in [0, 0.1) is 0 Å². The van der Waals surface area contributed by atoms with Gasteiger partial charge in [-0.25, -0.2) is 0 Å². The molecule has 0 spiro atoms. The molecule has 0 N–H and O–H groups in total. The summed E-state index contributed by atoms with van der Waals surface area (Å²) in [5.74, 6) is -4.26. The second-order valence-electron chi connectivity index (χ2n) is 5.42. The first-order valence-electron chi connectivity index (χ1n) is 7.62. The number of rotatable bonds is 7. The summed E-state index contributed by atoms with van der Waals surface area (Å²) in [6.07, 6.45) is 1.02. The Morgan fingerprint density at radius 3 is 2.12 bits per heavy atom. The molecule has 0 aliphatic heterocycles. The van der Waals surface area contributed by atoms with Crippen molar-refractivity contribution in [3.8, 4) is 0 Å². The van der Waals surface area contributed by atoms with Crippen LogP contribution in [0.4, 0.5) is 0 Å². The summed E-state index contributed by atoms with van der Waals surface area (Å²) < 4.78 is 0. The fourth-order valence-electron chi connectivity index (χ4n) is 2.78. The monoisotopic (exact) mass is 324 g/mol. The minimum atomic E-state index is -1.63. The van der Waals surface area contributed by atoms with Gasteiger partial charge >= 0.3 is 0 Å². The van der Waals surface area contributed by atoms with Gasteiger partial charge in [0.2, 0.25) is 0 Å². The van der Waals surface area contributed by atoms with Crippen molar-refractivity contribution in [2.75, 3.05) is 0 Å². The van der Waals surface area contributed by atoms with Crippen molar-refractivity contribution in [3.63, 3.8) is 0 Å². The number of ketones is 1. The first-order valence-corrected chi connectivity index (χ1v) is 7.62. The lowest BCUT2D eigenvalue weighted by Crippen LogP contribution is -2.32. The van der Waals surface area contributed by atoms with Gasteiger partial charge in [-0.05, 0) is 12.0 Å². The van der Waals surface area contributed by atoms with E-state index in [4.69, 9.17) is 0 Å². The van der Waals surface area contributed by atoms with Gasteiger partial charge in [-0.2, -0.15) is 0 Å². The minimum Gasteiger partial charge on any atom is -0.545 e. The van der Waals surface area contributed by atoms with Crippen LogP contribution < -0.4 is 10.2 Å². The van der Waals surface area contributed by atoms with Crippen LogP contribution in [0.3, 0.4) is 0 Å². The first kappa shape index (κ1) is 17.4. The molecule has 0 heterocycles. The van der Waals surface area contributed by atoms with Crippen LogP contribution in [0.2, 0.25) is 0 Å². The Hall–Kier alpha value is -2.95. The van der Waals surface area contributed by atoms with Crippen molar-refractivity contribution in [1.82, 2.24) is 0 Å². The van der Waals surface area contributed by atoms with E-state index in [-0.39, 0.29) is 11.3 Å². The van der Waals surface area contributed by atoms with Gasteiger partial charge in [0.25, 0.3) is 0 Å². The Morgan fingerprint density at radius 2 is 1.58 bits per heavy atom. The molecule has 2 aromatic rings. The van der Waals surface area contributed by atoms with Gasteiger partial charge in [0.1, 0.15) is 0 Å². The lowest BCUT2D eigenvalue weighted by Gasteiger charge is -2.22. The van der Waals surface area contributed by atoms with Gasteiger partial charge in [-0.1, -0.05) is 61.9 Å². The molecule has 1 unspecified atom stereocenters. The van der Waals surface area contributed by atoms with Gasteiger partial charge in [0.05, 0.1) is 11.9 Å². The van der Waals surface area contributed by atoms with E-state index in [9.17, 15) is 24.6 Å². The zero-order valence-electron chi connectivity index (χ0n) is 13.2. The molecule has 0 bridgehead atoms. The topological polar surface area (TPSA) is 97.3 Å². The van der Waals surface area contributed by atoms with Crippen molar-refractivity contribution in [3.05, 3.63) is 70.8 Å². The smallest absolute Gasteiger partial charge is 0.170 e. The molecule has 2 rings (SSSR count). The maximum Gasteiger partial charge on any atom is 0.170 e. The van der Waals surface area contributed by atoms with E-state index in [1.165, 1.54) is 12.1 Å². The number of benzene rings is 2. The average molecular weight is 324 g/mol. The average Bonchev–Trinajstić information content (AvgIpc) is 2.59. The summed E-state index contributed by atoms with van der Waals surface area (Å²) in [6.45, 7) is 1.87. The molecule has 0 saturated heterocycles. The fraction of sp³-hybridized carbons (Fsp3) is 0.211. The van der Waals surface area contributed by atoms with E-state index in [0.717, 1.165) is 6.07 Å². The number of hydrogen-bond donors (Lipinski definition) is 0. The molecule has 0 amide bonds. The lowest BCUT2D eigenvalue weighted by molar-refractivity contribution is -0.259. The van der Waals surface area contributed by atoms with Crippen LogP contribution in [0.15, 0.2) is 48.5 Å². The van der Waals surface area contributed by atoms with Crippen molar-refractivity contribution < 1.29 is 24.6 Å². The van der Waals surface area contributed by atoms with Gasteiger partial charge in [0.15, 0.2) is 5.78 Å². The number of Topliss-reactive ketones (excluding diaryl/α,β-unsaturated/α-hetero) is 1. The van der Waals surface area contributed by atoms with Crippen molar-refractivity contribution in [1.29, 1.82) is 0 Å². The molecular formula is C19H16O5-2. The molecule has 5 nitrogen and oxygen atoms in total. The summed E-state index contributed by atoms with van der Waals surface area (Å²) in [6, 6.07) is 12.5. The number of aromatic carboxylic acids is 2. The number of hydrogen-bond acceptors (Lipinski definition) is 5. The van der Waals surface area contributed by atoms with Crippen LogP contribution in [0.1, 0.15) is 62.3 Å². The Labute approximate surface area is 139 Å². The van der Waals surface area contributed by atoms with Crippen LogP contribution >= 0.6 is 0 Å². The summed E-state index contributed by atoms with van der Waals surface area (Å²) in [5.41, 5.74) is -0.374. The Bertz CT molecular complexity index is 765. The maximum atomic E-state index is 12.8. The van der Waals surface area contributed by atoms with E-state index >= 15 is 0 Å². The van der Waals surface area contributed by atoms with Crippen LogP contribution in [0.5, 0.6) is 0 Å². The molecule has 0 fully saturated rings. The normalized spacial score (nSPS) is 11.7. The maximum absolute atomic E-state index is 12.8. The van der Waals surface area contributed by atoms with Gasteiger partial charge < -0.3 is 19.8 Å². The van der Waals surface area contributed by atoms with E-state index in [2.05, 4.69) is 0 Å². The number of carboxylic acid groups (broad SMARTS) is 2. The highest BCUT2D eigenvalue weighted by Crippen LogP contribution is 2.30. The second kappa shape index (κ2) is 7.55. The summed E-state index contributed by atoms with van der Waals surface area (Å²) in [7, 11) is 0. The Morgan fingerprint density at radius 1 is 0.917 bits per heavy atom. The highest BCUT2D eigenvalue weighted by molar-refractivity contribution is 6.06. The number of carbonyl (C=O) groups excluding carboxylic acids is 3. The van der Waals surface area contributed by atoms with Crippen molar-refractivity contribution >= 4 is 17.7 Å². The van der Waals surface area contributed by atoms with Crippen molar-refractivity contribution in [2.24, 2.45) is 0 Å². The summed E-state index contributed by atoms with van der Waals surface area (Å²) in [4.78, 5) is 35.5. The summed E-state index contributed by atoms with van der Waals surface area (Å²) >= 11 is 0. The fourth-order valence-corrected chi connectivity index (χ4v) is 2.78. The van der Waals surface area contributed by atoms with Crippen molar-refractivity contribution in [2.45, 2.75) is 25.7 Å². The van der Waals surface area contributed by atoms with E-state index in [1.807, 2.05) is 6.92 Å². The number of carbonyl (C=O) groups is 3. The molecule has 5 heteroatoms. The first-order chi connectivity index (χ1) is 11.5. The van der Waals surface area contributed by atoms with Crippen LogP contribution in [-0.2, 0) is 0 Å². The molecule has 0 saturated carbocycles. The Balaban J connectivity index is 2.60. The predicted octanol–water partition coefficient (Wildman–Crippen LogP) is 1.18. The molecular weight excluding hydrogens is 308 g/mol. The molecule has 2 aromatic carbocycles. The van der Waals surface area contributed by atoms with Gasteiger partial charge in [-0.3, -0.25) is 4.79 Å². The second-order valence-corrected chi connectivity index (χ2v) is 5.42. The molecule has 0 aromatic heterocycles. The largest absolute Gasteiger partial charge is 0.545 e. The Kier molecular flexibility index (Phi) is 5.47. The van der Waals surface area contributed by atoms with E-state index < -0.39 is 29.0 Å². The third-order valence-corrected chi connectivity index (χ3v) is 3.85. The third-order valence-electron chi connectivity index (χ3n) is 3.85. The minimum absolute atomic E-state index is 0.146. The quantitative estimate of drug-likeness (QED) is 0.712. The zero-order chi connectivity index (χ0) is 17.7. The highest BCUT2D eigenvalue weighted by atomic mass is 16.4. The molecule has 0 radical (unpaired) electrons. The number of carboxylic acids is 2. The van der Waals surface area contributed by atoms with Gasteiger partial charge in [-0.15, -0.1) is 0 Å². The van der Waals surface area contributed by atoms with Crippen LogP contribution in [0.25, 0.3) is 0 Å². The zero-order valence-corrected chi connectivity index (χ0v) is 13.2. The third kappa shape index (κ3) is 3.51. The van der Waals surface area contributed by atoms with E-state index in [0.29, 0.717) is 18.4 Å². The molecule has 124 valence electrons. The molecule has 0 aliphatic carbocycles.